The number of nitrogens with zero attached hydrogens (tertiary/aromatic N) is 1. The van der Waals surface area contributed by atoms with Gasteiger partial charge in [-0.05, 0) is 52.4 Å². The Balaban J connectivity index is 2.47. The fraction of sp³-hybridized carbons (Fsp3) is 0.875. The summed E-state index contributed by atoms with van der Waals surface area (Å²) in [6.45, 7) is 6.70. The monoisotopic (exact) mass is 378 g/mol. The number of amides is 1. The highest BCUT2D eigenvalue weighted by Crippen LogP contribution is 2.24. The van der Waals surface area contributed by atoms with E-state index in [1.807, 2.05) is 20.8 Å². The average Bonchev–Trinajstić information content (AvgIpc) is 2.48. The molecule has 1 atom stereocenters. The third-order valence-electron chi connectivity index (χ3n) is 3.97. The maximum Gasteiger partial charge on any atom is 0.410 e. The zero-order valence-corrected chi connectivity index (χ0v) is 16.5. The van der Waals surface area contributed by atoms with E-state index in [0.717, 1.165) is 19.1 Å². The molecule has 1 heterocycles. The third-order valence-corrected chi connectivity index (χ3v) is 4.68. The van der Waals surface area contributed by atoms with Crippen LogP contribution < -0.4 is 4.72 Å². The fourth-order valence-corrected chi connectivity index (χ4v) is 3.49. The Morgan fingerprint density at radius 2 is 1.80 bits per heavy atom. The Labute approximate surface area is 150 Å². The highest BCUT2D eigenvalue weighted by Gasteiger charge is 2.29. The molecule has 1 aliphatic heterocycles. The molecule has 1 aliphatic rings. The van der Waals surface area contributed by atoms with Crippen LogP contribution in [0, 0.1) is 5.92 Å². The fourth-order valence-electron chi connectivity index (χ4n) is 2.76. The van der Waals surface area contributed by atoms with Crippen molar-refractivity contribution >= 4 is 22.1 Å². The summed E-state index contributed by atoms with van der Waals surface area (Å²) in [6, 6.07) is -0.871. The van der Waals surface area contributed by atoms with Gasteiger partial charge in [-0.25, -0.2) is 17.9 Å². The summed E-state index contributed by atoms with van der Waals surface area (Å²) in [4.78, 5) is 25.4. The number of sulfonamides is 1. The van der Waals surface area contributed by atoms with Gasteiger partial charge in [0.15, 0.2) is 0 Å². The number of carbonyl (C=O) groups excluding carboxylic acids is 2. The van der Waals surface area contributed by atoms with E-state index in [1.165, 1.54) is 7.11 Å². The van der Waals surface area contributed by atoms with E-state index in [2.05, 4.69) is 9.46 Å². The topological polar surface area (TPSA) is 102 Å². The summed E-state index contributed by atoms with van der Waals surface area (Å²) in [5.41, 5.74) is -0.515. The maximum atomic E-state index is 12.0. The SMILES string of the molecule is COC(=O)[C@@H](CCC1CCN(C(=O)OC(C)(C)C)CC1)NS(C)(=O)=O. The van der Waals surface area contributed by atoms with Crippen molar-refractivity contribution < 1.29 is 27.5 Å². The first-order valence-corrected chi connectivity index (χ1v) is 10.3. The molecule has 8 nitrogen and oxygen atoms in total. The van der Waals surface area contributed by atoms with Gasteiger partial charge in [-0.3, -0.25) is 4.79 Å². The largest absolute Gasteiger partial charge is 0.468 e. The first kappa shape index (κ1) is 21.7. The lowest BCUT2D eigenvalue weighted by atomic mass is 9.91. The number of piperidine rings is 1. The lowest BCUT2D eigenvalue weighted by Crippen LogP contribution is -2.43. The molecule has 0 spiro atoms. The average molecular weight is 378 g/mol. The quantitative estimate of drug-likeness (QED) is 0.703. The molecule has 1 rings (SSSR count). The lowest BCUT2D eigenvalue weighted by Gasteiger charge is -2.33. The Morgan fingerprint density at radius 1 is 1.24 bits per heavy atom. The summed E-state index contributed by atoms with van der Waals surface area (Å²) in [6.07, 6.45) is 3.36. The number of esters is 1. The smallest absolute Gasteiger partial charge is 0.410 e. The van der Waals surface area contributed by atoms with Crippen molar-refractivity contribution in [3.63, 3.8) is 0 Å². The second kappa shape index (κ2) is 8.84. The van der Waals surface area contributed by atoms with Gasteiger partial charge in [0.2, 0.25) is 10.0 Å². The van der Waals surface area contributed by atoms with Crippen molar-refractivity contribution in [3.05, 3.63) is 0 Å². The van der Waals surface area contributed by atoms with Crippen molar-refractivity contribution in [1.29, 1.82) is 0 Å². The Bertz CT molecular complexity index is 562. The van der Waals surface area contributed by atoms with E-state index in [1.54, 1.807) is 4.90 Å². The van der Waals surface area contributed by atoms with Crippen molar-refractivity contribution in [2.45, 2.75) is 58.1 Å². The first-order chi connectivity index (χ1) is 11.4. The molecule has 25 heavy (non-hydrogen) atoms. The molecule has 1 amide bonds. The van der Waals surface area contributed by atoms with Gasteiger partial charge in [-0.1, -0.05) is 0 Å². The molecule has 1 N–H and O–H groups in total. The molecule has 146 valence electrons. The first-order valence-electron chi connectivity index (χ1n) is 8.44. The van der Waals surface area contributed by atoms with E-state index >= 15 is 0 Å². The van der Waals surface area contributed by atoms with Crippen LogP contribution in [0.1, 0.15) is 46.5 Å². The van der Waals surface area contributed by atoms with Crippen LogP contribution in [-0.2, 0) is 24.3 Å². The summed E-state index contributed by atoms with van der Waals surface area (Å²) in [5, 5.41) is 0. The zero-order chi connectivity index (χ0) is 19.3. The highest BCUT2D eigenvalue weighted by molar-refractivity contribution is 7.88. The van der Waals surface area contributed by atoms with E-state index in [4.69, 9.17) is 4.74 Å². The van der Waals surface area contributed by atoms with Crippen molar-refractivity contribution in [2.24, 2.45) is 5.92 Å². The predicted octanol–water partition coefficient (Wildman–Crippen LogP) is 1.50. The molecule has 0 aliphatic carbocycles. The molecule has 0 aromatic rings. The summed E-state index contributed by atoms with van der Waals surface area (Å²) >= 11 is 0. The van der Waals surface area contributed by atoms with Crippen LogP contribution in [0.4, 0.5) is 4.79 Å². The van der Waals surface area contributed by atoms with Crippen LogP contribution in [0.2, 0.25) is 0 Å². The second-order valence-electron chi connectivity index (χ2n) is 7.45. The number of carbonyl (C=O) groups is 2. The van der Waals surface area contributed by atoms with E-state index < -0.39 is 27.6 Å². The number of nitrogens with one attached hydrogen (secondary N) is 1. The van der Waals surface area contributed by atoms with Crippen LogP contribution in [-0.4, -0.2) is 63.5 Å². The molecular formula is C16H30N2O6S. The highest BCUT2D eigenvalue weighted by atomic mass is 32.2. The summed E-state index contributed by atoms with van der Waals surface area (Å²) in [5.74, 6) is -0.260. The Morgan fingerprint density at radius 3 is 2.24 bits per heavy atom. The van der Waals surface area contributed by atoms with Gasteiger partial charge < -0.3 is 14.4 Å². The maximum absolute atomic E-state index is 12.0. The van der Waals surface area contributed by atoms with Crippen LogP contribution in [0.25, 0.3) is 0 Å². The minimum atomic E-state index is -3.49. The zero-order valence-electron chi connectivity index (χ0n) is 15.7. The standard InChI is InChI=1S/C16H30N2O6S/c1-16(2,3)24-15(20)18-10-8-12(9-11-18)6-7-13(14(19)23-4)17-25(5,21)22/h12-13,17H,6-11H2,1-5H3/t13-/m1/s1. The second-order valence-corrected chi connectivity index (χ2v) is 9.23. The summed E-state index contributed by atoms with van der Waals surface area (Å²) < 4.78 is 35.1. The number of hydrogen-bond acceptors (Lipinski definition) is 6. The van der Waals surface area contributed by atoms with Gasteiger partial charge in [-0.15, -0.1) is 0 Å². The van der Waals surface area contributed by atoms with Gasteiger partial charge in [0.25, 0.3) is 0 Å². The third kappa shape index (κ3) is 8.53. The minimum absolute atomic E-state index is 0.308. The number of methoxy groups -OCH3 is 1. The molecule has 0 bridgehead atoms. The molecule has 0 unspecified atom stereocenters. The van der Waals surface area contributed by atoms with Crippen LogP contribution in [0.5, 0.6) is 0 Å². The summed E-state index contributed by atoms with van der Waals surface area (Å²) in [7, 11) is -2.25. The van der Waals surface area contributed by atoms with Crippen LogP contribution >= 0.6 is 0 Å². The van der Waals surface area contributed by atoms with Crippen molar-refractivity contribution in [2.75, 3.05) is 26.5 Å². The molecule has 0 radical (unpaired) electrons. The van der Waals surface area contributed by atoms with Crippen molar-refractivity contribution in [1.82, 2.24) is 9.62 Å². The number of ether oxygens (including phenoxy) is 2. The predicted molar refractivity (Wildman–Crippen MR) is 93.5 cm³/mol. The minimum Gasteiger partial charge on any atom is -0.468 e. The lowest BCUT2D eigenvalue weighted by molar-refractivity contribution is -0.142. The van der Waals surface area contributed by atoms with Crippen LogP contribution in [0.15, 0.2) is 0 Å². The molecule has 1 saturated heterocycles. The van der Waals surface area contributed by atoms with Gasteiger partial charge in [0.05, 0.1) is 13.4 Å². The normalized spacial score (nSPS) is 17.9. The molecular weight excluding hydrogens is 348 g/mol. The van der Waals surface area contributed by atoms with E-state index in [9.17, 15) is 18.0 Å². The molecule has 1 fully saturated rings. The molecule has 9 heteroatoms. The van der Waals surface area contributed by atoms with E-state index in [0.29, 0.717) is 31.8 Å². The van der Waals surface area contributed by atoms with Gasteiger partial charge in [0.1, 0.15) is 11.6 Å². The number of likely N-dealkylation sites (tertiary alicyclic amines) is 1. The van der Waals surface area contributed by atoms with E-state index in [-0.39, 0.29) is 6.09 Å². The van der Waals surface area contributed by atoms with Gasteiger partial charge in [0, 0.05) is 13.1 Å². The Kier molecular flexibility index (Phi) is 7.67. The van der Waals surface area contributed by atoms with Gasteiger partial charge >= 0.3 is 12.1 Å². The van der Waals surface area contributed by atoms with Crippen LogP contribution in [0.3, 0.4) is 0 Å². The number of rotatable bonds is 6. The molecule has 0 saturated carbocycles. The molecule has 0 aromatic heterocycles. The van der Waals surface area contributed by atoms with Crippen molar-refractivity contribution in [3.8, 4) is 0 Å². The Hall–Kier alpha value is -1.35. The molecule has 0 aromatic carbocycles. The number of hydrogen-bond donors (Lipinski definition) is 1. The van der Waals surface area contributed by atoms with Gasteiger partial charge in [-0.2, -0.15) is 0 Å².